The predicted octanol–water partition coefficient (Wildman–Crippen LogP) is 13.3. The molecule has 240 valence electrons. The van der Waals surface area contributed by atoms with E-state index in [-0.39, 0.29) is 10.8 Å². The second-order valence-electron chi connectivity index (χ2n) is 14.9. The van der Waals surface area contributed by atoms with E-state index in [0.29, 0.717) is 0 Å². The first-order valence-electron chi connectivity index (χ1n) is 17.6. The Morgan fingerprint density at radius 1 is 0.460 bits per heavy atom. The summed E-state index contributed by atoms with van der Waals surface area (Å²) in [5.74, 6) is 0. The SMILES string of the molecule is CC1(C)c2ccccc2-c2ccc(N(c3ccccc3-c3ccccc3)c3cccc4oc5c6c(ccc5c34)C(C)(C)c3ccccc3-6)cc21. The van der Waals surface area contributed by atoms with Gasteiger partial charge < -0.3 is 9.32 Å². The van der Waals surface area contributed by atoms with E-state index in [2.05, 4.69) is 184 Å². The molecule has 0 radical (unpaired) electrons. The number of nitrogens with zero attached hydrogens (tertiary/aromatic N) is 1. The molecule has 2 aliphatic carbocycles. The van der Waals surface area contributed by atoms with Crippen molar-refractivity contribution >= 4 is 39.0 Å². The lowest BCUT2D eigenvalue weighted by molar-refractivity contribution is 0.653. The number of furan rings is 1. The van der Waals surface area contributed by atoms with Crippen LogP contribution in [0.25, 0.3) is 55.3 Å². The Morgan fingerprint density at radius 2 is 1.08 bits per heavy atom. The van der Waals surface area contributed by atoms with E-state index in [9.17, 15) is 0 Å². The molecule has 1 heterocycles. The third kappa shape index (κ3) is 3.91. The van der Waals surface area contributed by atoms with Gasteiger partial charge in [-0.15, -0.1) is 0 Å². The summed E-state index contributed by atoms with van der Waals surface area (Å²) >= 11 is 0. The highest BCUT2D eigenvalue weighted by Crippen LogP contribution is 2.55. The molecule has 2 heteroatoms. The van der Waals surface area contributed by atoms with Gasteiger partial charge in [-0.25, -0.2) is 0 Å². The van der Waals surface area contributed by atoms with E-state index in [1.165, 1.54) is 55.6 Å². The molecule has 2 nitrogen and oxygen atoms in total. The predicted molar refractivity (Wildman–Crippen MR) is 209 cm³/mol. The fourth-order valence-corrected chi connectivity index (χ4v) is 9.01. The Balaban J connectivity index is 1.27. The molecule has 0 atom stereocenters. The molecular formula is C48H37NO. The molecule has 0 fully saturated rings. The summed E-state index contributed by atoms with van der Waals surface area (Å²) in [6.45, 7) is 9.36. The summed E-state index contributed by atoms with van der Waals surface area (Å²) in [6.07, 6.45) is 0. The highest BCUT2D eigenvalue weighted by molar-refractivity contribution is 6.17. The molecule has 1 aromatic heterocycles. The Hall–Kier alpha value is -5.86. The van der Waals surface area contributed by atoms with Crippen LogP contribution in [-0.4, -0.2) is 0 Å². The number of para-hydroxylation sites is 1. The number of hydrogen-bond donors (Lipinski definition) is 0. The van der Waals surface area contributed by atoms with Crippen molar-refractivity contribution < 1.29 is 4.42 Å². The standard InChI is InChI=1S/C48H37NO/c1-47(2)38-21-12-9-19-35(38)44-39(47)28-27-36-45-42(23-14-24-43(45)50-46(36)44)49(41-22-13-10-17-32(41)30-15-6-5-7-16-30)31-25-26-34-33-18-8-11-20-37(33)48(3,4)40(34)29-31/h5-29H,1-4H3. The zero-order valence-electron chi connectivity index (χ0n) is 28.8. The molecule has 0 amide bonds. The van der Waals surface area contributed by atoms with Crippen LogP contribution in [0.1, 0.15) is 49.9 Å². The molecule has 0 unspecified atom stereocenters. The van der Waals surface area contributed by atoms with Crippen molar-refractivity contribution in [3.8, 4) is 33.4 Å². The summed E-state index contributed by atoms with van der Waals surface area (Å²) in [6, 6.07) is 55.4. The Bertz CT molecular complexity index is 2660. The fourth-order valence-electron chi connectivity index (χ4n) is 9.01. The van der Waals surface area contributed by atoms with Crippen LogP contribution in [0.15, 0.2) is 156 Å². The normalized spacial score (nSPS) is 14.7. The lowest BCUT2D eigenvalue weighted by atomic mass is 9.82. The number of hydrogen-bond acceptors (Lipinski definition) is 2. The maximum absolute atomic E-state index is 6.95. The van der Waals surface area contributed by atoms with Crippen molar-refractivity contribution in [2.45, 2.75) is 38.5 Å². The van der Waals surface area contributed by atoms with Crippen LogP contribution >= 0.6 is 0 Å². The topological polar surface area (TPSA) is 16.4 Å². The lowest BCUT2D eigenvalue weighted by Gasteiger charge is -2.30. The van der Waals surface area contributed by atoms with Crippen LogP contribution < -0.4 is 4.90 Å². The lowest BCUT2D eigenvalue weighted by Crippen LogP contribution is -2.17. The number of anilines is 3. The van der Waals surface area contributed by atoms with Gasteiger partial charge in [-0.05, 0) is 74.8 Å². The van der Waals surface area contributed by atoms with Crippen molar-refractivity contribution in [3.05, 3.63) is 174 Å². The van der Waals surface area contributed by atoms with Crippen molar-refractivity contribution in [3.63, 3.8) is 0 Å². The third-order valence-corrected chi connectivity index (χ3v) is 11.5. The molecular weight excluding hydrogens is 607 g/mol. The molecule has 0 spiro atoms. The van der Waals surface area contributed by atoms with Gasteiger partial charge >= 0.3 is 0 Å². The zero-order chi connectivity index (χ0) is 33.8. The minimum atomic E-state index is -0.123. The maximum atomic E-state index is 6.95. The first kappa shape index (κ1) is 29.1. The van der Waals surface area contributed by atoms with Gasteiger partial charge in [0.25, 0.3) is 0 Å². The summed E-state index contributed by atoms with van der Waals surface area (Å²) in [5.41, 5.74) is 17.9. The Labute approximate surface area is 293 Å². The van der Waals surface area contributed by atoms with Gasteiger partial charge in [-0.3, -0.25) is 0 Å². The van der Waals surface area contributed by atoms with Crippen LogP contribution in [0.2, 0.25) is 0 Å². The molecule has 7 aromatic carbocycles. The number of fused-ring (bicyclic) bond motifs is 10. The summed E-state index contributed by atoms with van der Waals surface area (Å²) in [5, 5.41) is 2.26. The monoisotopic (exact) mass is 643 g/mol. The van der Waals surface area contributed by atoms with Crippen LogP contribution in [0, 0.1) is 0 Å². The van der Waals surface area contributed by atoms with Gasteiger partial charge in [-0.1, -0.05) is 149 Å². The third-order valence-electron chi connectivity index (χ3n) is 11.5. The first-order valence-corrected chi connectivity index (χ1v) is 17.6. The molecule has 10 rings (SSSR count). The summed E-state index contributed by atoms with van der Waals surface area (Å²) < 4.78 is 6.95. The first-order chi connectivity index (χ1) is 24.3. The van der Waals surface area contributed by atoms with E-state index in [1.54, 1.807) is 0 Å². The van der Waals surface area contributed by atoms with Gasteiger partial charge in [-0.2, -0.15) is 0 Å². The van der Waals surface area contributed by atoms with Gasteiger partial charge in [0.1, 0.15) is 11.2 Å². The van der Waals surface area contributed by atoms with Crippen molar-refractivity contribution in [1.82, 2.24) is 0 Å². The molecule has 50 heavy (non-hydrogen) atoms. The minimum Gasteiger partial charge on any atom is -0.455 e. The van der Waals surface area contributed by atoms with E-state index >= 15 is 0 Å². The second kappa shape index (κ2) is 10.3. The molecule has 2 aliphatic rings. The molecule has 0 N–H and O–H groups in total. The highest BCUT2D eigenvalue weighted by Gasteiger charge is 2.38. The summed E-state index contributed by atoms with van der Waals surface area (Å²) in [7, 11) is 0. The van der Waals surface area contributed by atoms with E-state index in [1.807, 2.05) is 0 Å². The molecule has 0 aliphatic heterocycles. The summed E-state index contributed by atoms with van der Waals surface area (Å²) in [4.78, 5) is 2.46. The van der Waals surface area contributed by atoms with Gasteiger partial charge in [0, 0.05) is 33.0 Å². The average Bonchev–Trinajstić information content (AvgIpc) is 3.73. The molecule has 0 saturated heterocycles. The van der Waals surface area contributed by atoms with Gasteiger partial charge in [0.05, 0.1) is 16.8 Å². The van der Waals surface area contributed by atoms with Crippen LogP contribution in [0.5, 0.6) is 0 Å². The van der Waals surface area contributed by atoms with Crippen molar-refractivity contribution in [2.75, 3.05) is 4.90 Å². The van der Waals surface area contributed by atoms with Crippen LogP contribution in [-0.2, 0) is 10.8 Å². The smallest absolute Gasteiger partial charge is 0.143 e. The largest absolute Gasteiger partial charge is 0.455 e. The van der Waals surface area contributed by atoms with Crippen LogP contribution in [0.4, 0.5) is 17.1 Å². The number of rotatable bonds is 4. The van der Waals surface area contributed by atoms with E-state index in [0.717, 1.165) is 39.0 Å². The molecule has 0 saturated carbocycles. The molecule has 8 aromatic rings. The van der Waals surface area contributed by atoms with Crippen LogP contribution in [0.3, 0.4) is 0 Å². The molecule has 0 bridgehead atoms. The maximum Gasteiger partial charge on any atom is 0.143 e. The Kier molecular flexibility index (Phi) is 6.01. The van der Waals surface area contributed by atoms with E-state index in [4.69, 9.17) is 4.42 Å². The minimum absolute atomic E-state index is 0.0998. The second-order valence-corrected chi connectivity index (χ2v) is 14.9. The Morgan fingerprint density at radius 3 is 1.88 bits per heavy atom. The zero-order valence-corrected chi connectivity index (χ0v) is 28.8. The van der Waals surface area contributed by atoms with Gasteiger partial charge in [0.2, 0.25) is 0 Å². The highest BCUT2D eigenvalue weighted by atomic mass is 16.3. The van der Waals surface area contributed by atoms with Crippen molar-refractivity contribution in [2.24, 2.45) is 0 Å². The van der Waals surface area contributed by atoms with E-state index < -0.39 is 0 Å². The fraction of sp³-hybridized carbons (Fsp3) is 0.125. The quantitative estimate of drug-likeness (QED) is 0.190. The average molecular weight is 644 g/mol. The number of benzene rings is 7. The van der Waals surface area contributed by atoms with Gasteiger partial charge in [0.15, 0.2) is 0 Å². The van der Waals surface area contributed by atoms with Crippen molar-refractivity contribution in [1.29, 1.82) is 0 Å².